The van der Waals surface area contributed by atoms with Crippen LogP contribution in [0.5, 0.6) is 0 Å². The number of carboxylic acids is 2. The molecule has 1 rings (SSSR count). The monoisotopic (exact) mass is 319 g/mol. The molecule has 1 aromatic rings. The standard InChI is InChI=1S/C11H11BrFNO4/c12-9-3-8(13)2-1-7(9)4-14(5-10(15)16)6-11(17)18/h1-3H,4-6H2,(H,15,16)(H,17,18). The molecular formula is C11H11BrFNO4. The van der Waals surface area contributed by atoms with Gasteiger partial charge in [0.05, 0.1) is 13.1 Å². The Morgan fingerprint density at radius 2 is 1.78 bits per heavy atom. The summed E-state index contributed by atoms with van der Waals surface area (Å²) in [4.78, 5) is 22.5. The number of nitrogens with zero attached hydrogens (tertiary/aromatic N) is 1. The third-order valence-corrected chi connectivity index (χ3v) is 2.87. The van der Waals surface area contributed by atoms with Crippen molar-refractivity contribution in [2.75, 3.05) is 13.1 Å². The highest BCUT2D eigenvalue weighted by atomic mass is 79.9. The zero-order chi connectivity index (χ0) is 13.7. The van der Waals surface area contributed by atoms with Crippen molar-refractivity contribution in [3.8, 4) is 0 Å². The van der Waals surface area contributed by atoms with Gasteiger partial charge >= 0.3 is 11.9 Å². The van der Waals surface area contributed by atoms with Gasteiger partial charge in [-0.15, -0.1) is 0 Å². The van der Waals surface area contributed by atoms with Gasteiger partial charge < -0.3 is 10.2 Å². The van der Waals surface area contributed by atoms with Crippen molar-refractivity contribution in [3.05, 3.63) is 34.1 Å². The zero-order valence-corrected chi connectivity index (χ0v) is 10.9. The molecule has 7 heteroatoms. The maximum Gasteiger partial charge on any atom is 0.317 e. The molecule has 98 valence electrons. The Kier molecular flexibility index (Phi) is 5.24. The predicted molar refractivity (Wildman–Crippen MR) is 64.6 cm³/mol. The lowest BCUT2D eigenvalue weighted by Gasteiger charge is -2.18. The largest absolute Gasteiger partial charge is 0.480 e. The summed E-state index contributed by atoms with van der Waals surface area (Å²) in [5.41, 5.74) is 0.624. The number of carboxylic acid groups (broad SMARTS) is 2. The van der Waals surface area contributed by atoms with Gasteiger partial charge in [0.2, 0.25) is 0 Å². The van der Waals surface area contributed by atoms with E-state index in [1.54, 1.807) is 0 Å². The zero-order valence-electron chi connectivity index (χ0n) is 9.27. The number of hydrogen-bond acceptors (Lipinski definition) is 3. The van der Waals surface area contributed by atoms with Crippen molar-refractivity contribution in [3.63, 3.8) is 0 Å². The highest BCUT2D eigenvalue weighted by Crippen LogP contribution is 2.19. The van der Waals surface area contributed by atoms with Crippen LogP contribution in [0.3, 0.4) is 0 Å². The van der Waals surface area contributed by atoms with E-state index in [0.29, 0.717) is 10.0 Å². The molecule has 0 saturated carbocycles. The molecule has 0 aliphatic carbocycles. The first-order valence-corrected chi connectivity index (χ1v) is 5.77. The van der Waals surface area contributed by atoms with E-state index < -0.39 is 30.8 Å². The van der Waals surface area contributed by atoms with Crippen LogP contribution >= 0.6 is 15.9 Å². The average Bonchev–Trinajstić information content (AvgIpc) is 2.20. The second-order valence-electron chi connectivity index (χ2n) is 3.67. The van der Waals surface area contributed by atoms with Crippen molar-refractivity contribution >= 4 is 27.9 Å². The first-order chi connectivity index (χ1) is 8.38. The SMILES string of the molecule is O=C(O)CN(CC(=O)O)Cc1ccc(F)cc1Br. The number of aliphatic carboxylic acids is 2. The molecule has 2 N–H and O–H groups in total. The molecule has 1 aromatic carbocycles. The maximum atomic E-state index is 12.9. The van der Waals surface area contributed by atoms with Crippen LogP contribution < -0.4 is 0 Å². The normalized spacial score (nSPS) is 10.6. The highest BCUT2D eigenvalue weighted by Gasteiger charge is 2.15. The number of rotatable bonds is 6. The van der Waals surface area contributed by atoms with Gasteiger partial charge in [-0.2, -0.15) is 0 Å². The summed E-state index contributed by atoms with van der Waals surface area (Å²) in [7, 11) is 0. The summed E-state index contributed by atoms with van der Waals surface area (Å²) < 4.78 is 13.3. The Bertz CT molecular complexity index is 450. The molecule has 0 aliphatic rings. The summed E-state index contributed by atoms with van der Waals surface area (Å²) in [6, 6.07) is 3.96. The van der Waals surface area contributed by atoms with Crippen molar-refractivity contribution in [2.24, 2.45) is 0 Å². The van der Waals surface area contributed by atoms with Crippen molar-refractivity contribution in [1.29, 1.82) is 0 Å². The van der Waals surface area contributed by atoms with Crippen LogP contribution in [0.15, 0.2) is 22.7 Å². The molecule has 0 aromatic heterocycles. The van der Waals surface area contributed by atoms with E-state index in [2.05, 4.69) is 15.9 Å². The summed E-state index contributed by atoms with van der Waals surface area (Å²) in [6.45, 7) is -0.675. The Morgan fingerprint density at radius 1 is 1.22 bits per heavy atom. The van der Waals surface area contributed by atoms with Crippen molar-refractivity contribution in [2.45, 2.75) is 6.54 Å². The van der Waals surface area contributed by atoms with E-state index >= 15 is 0 Å². The van der Waals surface area contributed by atoms with Crippen molar-refractivity contribution in [1.82, 2.24) is 4.90 Å². The van der Waals surface area contributed by atoms with Crippen LogP contribution in [0.2, 0.25) is 0 Å². The molecule has 18 heavy (non-hydrogen) atoms. The van der Waals surface area contributed by atoms with Crippen LogP contribution in [0.1, 0.15) is 5.56 Å². The van der Waals surface area contributed by atoms with Gasteiger partial charge in [-0.25, -0.2) is 4.39 Å². The van der Waals surface area contributed by atoms with E-state index in [4.69, 9.17) is 10.2 Å². The molecule has 5 nitrogen and oxygen atoms in total. The molecule has 0 unspecified atom stereocenters. The third kappa shape index (κ3) is 4.80. The number of halogens is 2. The maximum absolute atomic E-state index is 12.9. The van der Waals surface area contributed by atoms with Crippen LogP contribution in [0.4, 0.5) is 4.39 Å². The molecule has 0 aliphatic heterocycles. The van der Waals surface area contributed by atoms with Gasteiger partial charge in [-0.1, -0.05) is 22.0 Å². The topological polar surface area (TPSA) is 77.8 Å². The molecule has 0 fully saturated rings. The molecule has 0 heterocycles. The van der Waals surface area contributed by atoms with Gasteiger partial charge in [-0.05, 0) is 17.7 Å². The highest BCUT2D eigenvalue weighted by molar-refractivity contribution is 9.10. The molecule has 0 atom stereocenters. The van der Waals surface area contributed by atoms with Crippen LogP contribution in [0.25, 0.3) is 0 Å². The molecule has 0 amide bonds. The Balaban J connectivity index is 2.81. The van der Waals surface area contributed by atoms with Gasteiger partial charge in [0.1, 0.15) is 5.82 Å². The summed E-state index contributed by atoms with van der Waals surface area (Å²) in [5.74, 6) is -2.65. The van der Waals surface area contributed by atoms with Gasteiger partial charge in [-0.3, -0.25) is 14.5 Å². The second kappa shape index (κ2) is 6.46. The lowest BCUT2D eigenvalue weighted by atomic mass is 10.2. The number of carbonyl (C=O) groups is 2. The summed E-state index contributed by atoms with van der Waals surface area (Å²) >= 11 is 3.15. The van der Waals surface area contributed by atoms with Crippen LogP contribution in [-0.2, 0) is 16.1 Å². The minimum absolute atomic E-state index is 0.111. The lowest BCUT2D eigenvalue weighted by molar-refractivity contribution is -0.142. The molecular weight excluding hydrogens is 309 g/mol. The van der Waals surface area contributed by atoms with E-state index in [1.165, 1.54) is 23.1 Å². The van der Waals surface area contributed by atoms with Crippen molar-refractivity contribution < 1.29 is 24.2 Å². The Labute approximate surface area is 111 Å². The molecule has 0 spiro atoms. The quantitative estimate of drug-likeness (QED) is 0.832. The fourth-order valence-electron chi connectivity index (χ4n) is 1.44. The fourth-order valence-corrected chi connectivity index (χ4v) is 1.92. The van der Waals surface area contributed by atoms with E-state index in [1.807, 2.05) is 0 Å². The Morgan fingerprint density at radius 3 is 2.22 bits per heavy atom. The van der Waals surface area contributed by atoms with E-state index in [9.17, 15) is 14.0 Å². The van der Waals surface area contributed by atoms with Gasteiger partial charge in [0, 0.05) is 11.0 Å². The third-order valence-electron chi connectivity index (χ3n) is 2.13. The van der Waals surface area contributed by atoms with Crippen LogP contribution in [-0.4, -0.2) is 40.1 Å². The predicted octanol–water partition coefficient (Wildman–Crippen LogP) is 1.56. The molecule has 0 saturated heterocycles. The van der Waals surface area contributed by atoms with Gasteiger partial charge in [0.25, 0.3) is 0 Å². The Hall–Kier alpha value is -1.47. The fraction of sp³-hybridized carbons (Fsp3) is 0.273. The van der Waals surface area contributed by atoms with E-state index in [0.717, 1.165) is 0 Å². The smallest absolute Gasteiger partial charge is 0.317 e. The first kappa shape index (κ1) is 14.6. The van der Waals surface area contributed by atoms with Crippen LogP contribution in [0, 0.1) is 5.82 Å². The van der Waals surface area contributed by atoms with E-state index in [-0.39, 0.29) is 6.54 Å². The lowest BCUT2D eigenvalue weighted by Crippen LogP contribution is -2.34. The average molecular weight is 320 g/mol. The summed E-state index contributed by atoms with van der Waals surface area (Å²) in [5, 5.41) is 17.4. The minimum atomic E-state index is -1.12. The van der Waals surface area contributed by atoms with Gasteiger partial charge in [0.15, 0.2) is 0 Å². The number of benzene rings is 1. The number of hydrogen-bond donors (Lipinski definition) is 2. The summed E-state index contributed by atoms with van der Waals surface area (Å²) in [6.07, 6.45) is 0. The molecule has 0 radical (unpaired) electrons. The second-order valence-corrected chi connectivity index (χ2v) is 4.52. The first-order valence-electron chi connectivity index (χ1n) is 4.98. The minimum Gasteiger partial charge on any atom is -0.480 e. The molecule has 0 bridgehead atoms.